The number of benzene rings is 1. The molecular formula is C13H20O3Si. The van der Waals surface area contributed by atoms with Gasteiger partial charge < -0.3 is 13.6 Å². The van der Waals surface area contributed by atoms with Crippen LogP contribution in [0.1, 0.15) is 19.4 Å². The maximum absolute atomic E-state index is 5.55. The molecule has 0 saturated carbocycles. The molecular weight excluding hydrogens is 232 g/mol. The van der Waals surface area contributed by atoms with E-state index in [0.717, 1.165) is 11.3 Å². The van der Waals surface area contributed by atoms with Crippen molar-refractivity contribution in [2.75, 3.05) is 20.3 Å². The van der Waals surface area contributed by atoms with Gasteiger partial charge in [-0.05, 0) is 37.2 Å². The van der Waals surface area contributed by atoms with E-state index in [0.29, 0.717) is 13.2 Å². The minimum absolute atomic E-state index is 0.698. The first-order chi connectivity index (χ1) is 8.30. The van der Waals surface area contributed by atoms with Gasteiger partial charge in [0.15, 0.2) is 0 Å². The molecule has 17 heavy (non-hydrogen) atoms. The first-order valence-corrected chi connectivity index (χ1v) is 7.46. The Balaban J connectivity index is 2.59. The first kappa shape index (κ1) is 14.0. The van der Waals surface area contributed by atoms with Gasteiger partial charge in [-0.15, -0.1) is 0 Å². The van der Waals surface area contributed by atoms with Crippen molar-refractivity contribution >= 4 is 15.4 Å². The van der Waals surface area contributed by atoms with Crippen LogP contribution < -0.4 is 4.74 Å². The third-order valence-corrected chi connectivity index (χ3v) is 4.05. The van der Waals surface area contributed by atoms with E-state index >= 15 is 0 Å². The van der Waals surface area contributed by atoms with Gasteiger partial charge in [-0.1, -0.05) is 18.2 Å². The Bertz CT molecular complexity index is 329. The standard InChI is InChI=1S/C13H20O3Si/c1-4-15-17(16-5-2)11-10-12-6-8-13(14-3)9-7-12/h6-11,17H,4-5H2,1-3H3. The molecule has 0 atom stereocenters. The summed E-state index contributed by atoms with van der Waals surface area (Å²) in [5, 5.41) is 0. The van der Waals surface area contributed by atoms with Crippen molar-refractivity contribution < 1.29 is 13.6 Å². The van der Waals surface area contributed by atoms with Gasteiger partial charge in [0.2, 0.25) is 0 Å². The number of methoxy groups -OCH3 is 1. The molecule has 0 radical (unpaired) electrons. The molecule has 0 aliphatic rings. The second kappa shape index (κ2) is 8.06. The summed E-state index contributed by atoms with van der Waals surface area (Å²) in [6, 6.07) is 7.91. The third kappa shape index (κ3) is 5.17. The van der Waals surface area contributed by atoms with E-state index in [1.165, 1.54) is 0 Å². The Labute approximate surface area is 105 Å². The number of ether oxygens (including phenoxy) is 1. The van der Waals surface area contributed by atoms with Crippen LogP contribution in [0.5, 0.6) is 5.75 Å². The second-order valence-electron chi connectivity index (χ2n) is 3.41. The average Bonchev–Trinajstić information content (AvgIpc) is 2.37. The summed E-state index contributed by atoms with van der Waals surface area (Å²) in [4.78, 5) is 0. The second-order valence-corrected chi connectivity index (χ2v) is 5.20. The lowest BCUT2D eigenvalue weighted by molar-refractivity contribution is 0.224. The molecule has 3 nitrogen and oxygen atoms in total. The van der Waals surface area contributed by atoms with Gasteiger partial charge in [0.05, 0.1) is 7.11 Å². The highest BCUT2D eigenvalue weighted by molar-refractivity contribution is 6.51. The lowest BCUT2D eigenvalue weighted by Gasteiger charge is -2.10. The maximum Gasteiger partial charge on any atom is 0.348 e. The number of rotatable bonds is 7. The van der Waals surface area contributed by atoms with Gasteiger partial charge >= 0.3 is 9.28 Å². The lowest BCUT2D eigenvalue weighted by atomic mass is 10.2. The van der Waals surface area contributed by atoms with Crippen LogP contribution in [0, 0.1) is 0 Å². The summed E-state index contributed by atoms with van der Waals surface area (Å²) in [6.07, 6.45) is 2.04. The van der Waals surface area contributed by atoms with Crippen LogP contribution in [0.3, 0.4) is 0 Å². The summed E-state index contributed by atoms with van der Waals surface area (Å²) in [6.45, 7) is 5.37. The van der Waals surface area contributed by atoms with Gasteiger partial charge in [-0.25, -0.2) is 0 Å². The quantitative estimate of drug-likeness (QED) is 0.698. The monoisotopic (exact) mass is 252 g/mol. The molecule has 0 aromatic heterocycles. The molecule has 1 aromatic carbocycles. The minimum atomic E-state index is -1.63. The molecule has 0 unspecified atom stereocenters. The summed E-state index contributed by atoms with van der Waals surface area (Å²) < 4.78 is 16.2. The Morgan fingerprint density at radius 3 is 2.12 bits per heavy atom. The van der Waals surface area contributed by atoms with Crippen molar-refractivity contribution in [1.82, 2.24) is 0 Å². The molecule has 4 heteroatoms. The van der Waals surface area contributed by atoms with Crippen LogP contribution in [0.4, 0.5) is 0 Å². The number of hydrogen-bond donors (Lipinski definition) is 0. The van der Waals surface area contributed by atoms with Crippen LogP contribution in [0.25, 0.3) is 6.08 Å². The van der Waals surface area contributed by atoms with E-state index in [1.807, 2.05) is 44.2 Å². The van der Waals surface area contributed by atoms with Crippen LogP contribution in [0.2, 0.25) is 0 Å². The molecule has 0 amide bonds. The van der Waals surface area contributed by atoms with E-state index in [1.54, 1.807) is 7.11 Å². The largest absolute Gasteiger partial charge is 0.497 e. The molecule has 0 fully saturated rings. The highest BCUT2D eigenvalue weighted by Crippen LogP contribution is 2.12. The van der Waals surface area contributed by atoms with Crippen LogP contribution >= 0.6 is 0 Å². The van der Waals surface area contributed by atoms with Crippen molar-refractivity contribution in [3.63, 3.8) is 0 Å². The van der Waals surface area contributed by atoms with E-state index in [9.17, 15) is 0 Å². The smallest absolute Gasteiger partial charge is 0.348 e. The van der Waals surface area contributed by atoms with Crippen molar-refractivity contribution in [3.8, 4) is 5.75 Å². The SMILES string of the molecule is CCO[SiH](C=Cc1ccc(OC)cc1)OCC. The summed E-state index contributed by atoms with van der Waals surface area (Å²) in [7, 11) is 0.0297. The molecule has 0 N–H and O–H groups in total. The minimum Gasteiger partial charge on any atom is -0.497 e. The fourth-order valence-electron chi connectivity index (χ4n) is 1.39. The average molecular weight is 252 g/mol. The van der Waals surface area contributed by atoms with Crippen LogP contribution in [0.15, 0.2) is 30.0 Å². The first-order valence-electron chi connectivity index (χ1n) is 5.85. The Kier molecular flexibility index (Phi) is 6.62. The molecule has 0 saturated heterocycles. The van der Waals surface area contributed by atoms with Crippen molar-refractivity contribution in [1.29, 1.82) is 0 Å². The molecule has 0 aliphatic heterocycles. The molecule has 1 rings (SSSR count). The Hall–Kier alpha value is -1.10. The van der Waals surface area contributed by atoms with Crippen LogP contribution in [-0.2, 0) is 8.85 Å². The fourth-order valence-corrected chi connectivity index (χ4v) is 2.75. The molecule has 0 bridgehead atoms. The highest BCUT2D eigenvalue weighted by atomic mass is 28.3. The summed E-state index contributed by atoms with van der Waals surface area (Å²) >= 11 is 0. The van der Waals surface area contributed by atoms with Crippen molar-refractivity contribution in [2.45, 2.75) is 13.8 Å². The van der Waals surface area contributed by atoms with Crippen LogP contribution in [-0.4, -0.2) is 29.6 Å². The Morgan fingerprint density at radius 1 is 1.06 bits per heavy atom. The van der Waals surface area contributed by atoms with E-state index in [-0.39, 0.29) is 0 Å². The summed E-state index contributed by atoms with van der Waals surface area (Å²) in [5.74, 6) is 0.866. The van der Waals surface area contributed by atoms with Crippen molar-refractivity contribution in [2.24, 2.45) is 0 Å². The zero-order chi connectivity index (χ0) is 12.5. The van der Waals surface area contributed by atoms with Crippen molar-refractivity contribution in [3.05, 3.63) is 35.5 Å². The lowest BCUT2D eigenvalue weighted by Crippen LogP contribution is -2.20. The Morgan fingerprint density at radius 2 is 1.65 bits per heavy atom. The third-order valence-electron chi connectivity index (χ3n) is 2.22. The van der Waals surface area contributed by atoms with E-state index < -0.39 is 9.28 Å². The topological polar surface area (TPSA) is 27.7 Å². The molecule has 0 aliphatic carbocycles. The van der Waals surface area contributed by atoms with Gasteiger partial charge in [0, 0.05) is 13.2 Å². The molecule has 1 aromatic rings. The van der Waals surface area contributed by atoms with E-state index in [4.69, 9.17) is 13.6 Å². The van der Waals surface area contributed by atoms with Gasteiger partial charge in [-0.3, -0.25) is 0 Å². The van der Waals surface area contributed by atoms with Gasteiger partial charge in [0.1, 0.15) is 5.75 Å². The zero-order valence-corrected chi connectivity index (χ0v) is 11.8. The predicted octanol–water partition coefficient (Wildman–Crippen LogP) is 2.54. The van der Waals surface area contributed by atoms with Gasteiger partial charge in [-0.2, -0.15) is 0 Å². The maximum atomic E-state index is 5.55. The molecule has 94 valence electrons. The molecule has 0 heterocycles. The highest BCUT2D eigenvalue weighted by Gasteiger charge is 2.06. The zero-order valence-electron chi connectivity index (χ0n) is 10.7. The van der Waals surface area contributed by atoms with Gasteiger partial charge in [0.25, 0.3) is 0 Å². The fraction of sp³-hybridized carbons (Fsp3) is 0.385. The predicted molar refractivity (Wildman–Crippen MR) is 72.4 cm³/mol. The normalized spacial score (nSPS) is 11.3. The van der Waals surface area contributed by atoms with E-state index in [2.05, 4.69) is 5.70 Å². The number of hydrogen-bond acceptors (Lipinski definition) is 3. The molecule has 0 spiro atoms. The summed E-state index contributed by atoms with van der Waals surface area (Å²) in [5.41, 5.74) is 3.18.